The number of rotatable bonds is 6. The Bertz CT molecular complexity index is 2720. The molecule has 0 saturated carbocycles. The zero-order chi connectivity index (χ0) is 34.6. The standard InChI is InChI=1S/C46H36N6/c1-31-25-26-40-43(27-31)52(37-19-9-4-10-20-37)46(49-40)34-29-32(44-47-38-21-11-13-23-41(38)50(44)35-15-5-2-6-16-35)28-33(30-34)45-48-39-22-12-14-24-42(39)51(45)36-17-7-3-8-18-36/h2,4-7,9-26,28-31H,3,8,27H2,1H3. The molecule has 0 bridgehead atoms. The molecule has 0 radical (unpaired) electrons. The summed E-state index contributed by atoms with van der Waals surface area (Å²) in [7, 11) is 0. The van der Waals surface area contributed by atoms with Crippen LogP contribution in [-0.2, 0) is 6.42 Å². The maximum Gasteiger partial charge on any atom is 0.145 e. The normalized spacial score (nSPS) is 15.3. The van der Waals surface area contributed by atoms with E-state index in [4.69, 9.17) is 15.0 Å². The van der Waals surface area contributed by atoms with E-state index in [1.807, 2.05) is 0 Å². The van der Waals surface area contributed by atoms with Gasteiger partial charge in [-0.25, -0.2) is 15.0 Å². The molecule has 2 aliphatic rings. The van der Waals surface area contributed by atoms with Crippen LogP contribution in [0.1, 0.15) is 31.2 Å². The summed E-state index contributed by atoms with van der Waals surface area (Å²) in [6.45, 7) is 2.27. The summed E-state index contributed by atoms with van der Waals surface area (Å²) < 4.78 is 6.94. The fourth-order valence-corrected chi connectivity index (χ4v) is 7.80. The van der Waals surface area contributed by atoms with Crippen LogP contribution >= 0.6 is 0 Å². The summed E-state index contributed by atoms with van der Waals surface area (Å²) in [4.78, 5) is 16.0. The highest BCUT2D eigenvalue weighted by Crippen LogP contribution is 2.39. The minimum Gasteiger partial charge on any atom is -0.296 e. The van der Waals surface area contributed by atoms with Gasteiger partial charge in [-0.05, 0) is 104 Å². The zero-order valence-corrected chi connectivity index (χ0v) is 28.9. The lowest BCUT2D eigenvalue weighted by atomic mass is 9.98. The molecule has 3 heterocycles. The minimum atomic E-state index is 0.420. The molecule has 0 amide bonds. The first-order valence-corrected chi connectivity index (χ1v) is 18.1. The van der Waals surface area contributed by atoms with Crippen LogP contribution in [0.25, 0.3) is 79.4 Å². The van der Waals surface area contributed by atoms with E-state index in [1.54, 1.807) is 0 Å². The maximum atomic E-state index is 5.38. The second-order valence-electron chi connectivity index (χ2n) is 13.7. The van der Waals surface area contributed by atoms with E-state index in [0.717, 1.165) is 98.3 Å². The Kier molecular flexibility index (Phi) is 7.20. The van der Waals surface area contributed by atoms with E-state index < -0.39 is 0 Å². The molecular weight excluding hydrogens is 637 g/mol. The number of para-hydroxylation sites is 6. The van der Waals surface area contributed by atoms with Crippen molar-refractivity contribution in [3.05, 3.63) is 163 Å². The van der Waals surface area contributed by atoms with Crippen LogP contribution in [0.2, 0.25) is 0 Å². The molecule has 8 aromatic rings. The van der Waals surface area contributed by atoms with Crippen molar-refractivity contribution in [1.29, 1.82) is 0 Å². The van der Waals surface area contributed by atoms with E-state index in [0.29, 0.717) is 5.92 Å². The quantitative estimate of drug-likeness (QED) is 0.177. The van der Waals surface area contributed by atoms with Gasteiger partial charge in [-0.1, -0.05) is 85.8 Å². The molecule has 0 spiro atoms. The zero-order valence-electron chi connectivity index (χ0n) is 28.9. The number of aromatic nitrogens is 6. The van der Waals surface area contributed by atoms with Gasteiger partial charge in [-0.2, -0.15) is 0 Å². The lowest BCUT2D eigenvalue weighted by Gasteiger charge is -2.18. The number of imidazole rings is 3. The van der Waals surface area contributed by atoms with Crippen molar-refractivity contribution >= 4 is 33.8 Å². The predicted molar refractivity (Wildman–Crippen MR) is 212 cm³/mol. The van der Waals surface area contributed by atoms with Gasteiger partial charge in [0.15, 0.2) is 0 Å². The molecule has 250 valence electrons. The molecular formula is C46H36N6. The molecule has 0 aliphatic heterocycles. The van der Waals surface area contributed by atoms with Crippen molar-refractivity contribution < 1.29 is 0 Å². The van der Waals surface area contributed by atoms with Gasteiger partial charge in [0.2, 0.25) is 0 Å². The van der Waals surface area contributed by atoms with Crippen LogP contribution in [0.5, 0.6) is 0 Å². The largest absolute Gasteiger partial charge is 0.296 e. The molecule has 1 atom stereocenters. The van der Waals surface area contributed by atoms with E-state index >= 15 is 0 Å². The fraction of sp³-hybridized carbons (Fsp3) is 0.109. The minimum absolute atomic E-state index is 0.420. The summed E-state index contributed by atoms with van der Waals surface area (Å²) in [5.41, 5.74) is 12.6. The van der Waals surface area contributed by atoms with Crippen LogP contribution in [0.3, 0.4) is 0 Å². The third-order valence-corrected chi connectivity index (χ3v) is 10.2. The predicted octanol–water partition coefficient (Wildman–Crippen LogP) is 11.0. The van der Waals surface area contributed by atoms with Gasteiger partial charge in [0.05, 0.1) is 33.5 Å². The van der Waals surface area contributed by atoms with Crippen LogP contribution < -0.4 is 0 Å². The first-order valence-electron chi connectivity index (χ1n) is 18.1. The van der Waals surface area contributed by atoms with Gasteiger partial charge >= 0.3 is 0 Å². The molecule has 5 aromatic carbocycles. The molecule has 0 fully saturated rings. The van der Waals surface area contributed by atoms with E-state index in [-0.39, 0.29) is 0 Å². The van der Waals surface area contributed by atoms with E-state index in [1.165, 1.54) is 5.69 Å². The molecule has 2 aliphatic carbocycles. The first-order chi connectivity index (χ1) is 25.7. The average molecular weight is 673 g/mol. The molecule has 6 nitrogen and oxygen atoms in total. The highest BCUT2D eigenvalue weighted by Gasteiger charge is 2.25. The maximum absolute atomic E-state index is 5.38. The molecule has 52 heavy (non-hydrogen) atoms. The van der Waals surface area contributed by atoms with Gasteiger partial charge < -0.3 is 0 Å². The Hall–Kier alpha value is -6.53. The van der Waals surface area contributed by atoms with Crippen molar-refractivity contribution in [2.45, 2.75) is 26.2 Å². The smallest absolute Gasteiger partial charge is 0.145 e. The Morgan fingerprint density at radius 3 is 1.69 bits per heavy atom. The van der Waals surface area contributed by atoms with E-state index in [2.05, 4.69) is 178 Å². The summed E-state index contributed by atoms with van der Waals surface area (Å²) in [5.74, 6) is 3.08. The van der Waals surface area contributed by atoms with Crippen molar-refractivity contribution in [3.8, 4) is 45.5 Å². The van der Waals surface area contributed by atoms with Gasteiger partial charge in [0, 0.05) is 33.8 Å². The Balaban J connectivity index is 1.29. The molecule has 6 heteroatoms. The SMILES string of the molecule is CC1C=Cc2nc(-c3cc(-c4nc5ccccc5n4C4=CCCC=C4)cc(-c4nc5ccccc5n4-c4ccccc4)c3)n(-c3ccccc3)c2C1. The van der Waals surface area contributed by atoms with Crippen LogP contribution in [-0.4, -0.2) is 28.7 Å². The monoisotopic (exact) mass is 672 g/mol. The Morgan fingerprint density at radius 2 is 1.08 bits per heavy atom. The number of nitrogens with zero attached hydrogens (tertiary/aromatic N) is 6. The molecule has 3 aromatic heterocycles. The highest BCUT2D eigenvalue weighted by atomic mass is 15.1. The second kappa shape index (κ2) is 12.4. The molecule has 10 rings (SSSR count). The lowest BCUT2D eigenvalue weighted by molar-refractivity contribution is 0.688. The number of hydrogen-bond acceptors (Lipinski definition) is 3. The Morgan fingerprint density at radius 1 is 0.538 bits per heavy atom. The van der Waals surface area contributed by atoms with E-state index in [9.17, 15) is 0 Å². The van der Waals surface area contributed by atoms with Gasteiger partial charge in [0.25, 0.3) is 0 Å². The third kappa shape index (κ3) is 5.06. The van der Waals surface area contributed by atoms with Gasteiger partial charge in [-0.3, -0.25) is 13.7 Å². The van der Waals surface area contributed by atoms with Crippen molar-refractivity contribution in [2.24, 2.45) is 5.92 Å². The number of allylic oxidation sites excluding steroid dienone is 5. The number of hydrogen-bond donors (Lipinski definition) is 0. The van der Waals surface area contributed by atoms with Crippen molar-refractivity contribution in [2.75, 3.05) is 0 Å². The number of benzene rings is 5. The first kappa shape index (κ1) is 30.3. The van der Waals surface area contributed by atoms with Crippen molar-refractivity contribution in [3.63, 3.8) is 0 Å². The van der Waals surface area contributed by atoms with Crippen LogP contribution in [0, 0.1) is 5.92 Å². The van der Waals surface area contributed by atoms with Gasteiger partial charge in [-0.15, -0.1) is 0 Å². The Labute approximate surface area is 302 Å². The van der Waals surface area contributed by atoms with Gasteiger partial charge in [0.1, 0.15) is 17.5 Å². The molecule has 0 N–H and O–H groups in total. The van der Waals surface area contributed by atoms with Crippen LogP contribution in [0.4, 0.5) is 0 Å². The second-order valence-corrected chi connectivity index (χ2v) is 13.7. The third-order valence-electron chi connectivity index (χ3n) is 10.2. The summed E-state index contributed by atoms with van der Waals surface area (Å²) in [5, 5.41) is 0. The average Bonchev–Trinajstić information content (AvgIpc) is 3.91. The summed E-state index contributed by atoms with van der Waals surface area (Å²) in [6, 6.07) is 44.7. The lowest BCUT2D eigenvalue weighted by Crippen LogP contribution is -2.09. The number of fused-ring (bicyclic) bond motifs is 3. The fourth-order valence-electron chi connectivity index (χ4n) is 7.80. The summed E-state index contributed by atoms with van der Waals surface area (Å²) >= 11 is 0. The highest BCUT2D eigenvalue weighted by molar-refractivity contribution is 5.90. The van der Waals surface area contributed by atoms with Crippen molar-refractivity contribution in [1.82, 2.24) is 28.7 Å². The topological polar surface area (TPSA) is 53.5 Å². The summed E-state index contributed by atoms with van der Waals surface area (Å²) in [6.07, 6.45) is 14.2. The van der Waals surface area contributed by atoms with Crippen LogP contribution in [0.15, 0.2) is 152 Å². The molecule has 0 saturated heterocycles. The molecule has 1 unspecified atom stereocenters.